The van der Waals surface area contributed by atoms with E-state index in [4.69, 9.17) is 13.8 Å². The van der Waals surface area contributed by atoms with Gasteiger partial charge in [0.05, 0.1) is 13.2 Å². The van der Waals surface area contributed by atoms with Crippen molar-refractivity contribution in [2.45, 2.75) is 225 Å². The van der Waals surface area contributed by atoms with Gasteiger partial charge in [-0.1, -0.05) is 183 Å². The van der Waals surface area contributed by atoms with E-state index in [0.29, 0.717) is 12.8 Å². The van der Waals surface area contributed by atoms with Gasteiger partial charge < -0.3 is 25.2 Å². The molecule has 65 heavy (non-hydrogen) atoms. The van der Waals surface area contributed by atoms with Crippen molar-refractivity contribution in [2.24, 2.45) is 0 Å². The Morgan fingerprint density at radius 2 is 0.846 bits per heavy atom. The monoisotopic (exact) mass is 934 g/mol. The molecule has 0 aliphatic carbocycles. The van der Waals surface area contributed by atoms with E-state index < -0.39 is 57.6 Å². The van der Waals surface area contributed by atoms with Crippen molar-refractivity contribution in [3.63, 3.8) is 0 Å². The van der Waals surface area contributed by atoms with E-state index in [9.17, 15) is 34.1 Å². The zero-order valence-electron chi connectivity index (χ0n) is 40.8. The second kappa shape index (κ2) is 47.4. The van der Waals surface area contributed by atoms with Crippen molar-refractivity contribution in [1.82, 2.24) is 5.32 Å². The van der Waals surface area contributed by atoms with Gasteiger partial charge in [-0.25, -0.2) is 9.36 Å². The molecule has 0 saturated carbocycles. The molecular formula is C53H92NO10P. The smallest absolute Gasteiger partial charge is 0.472 e. The Morgan fingerprint density at radius 1 is 0.492 bits per heavy atom. The molecule has 1 amide bonds. The fraction of sp³-hybridized carbons (Fsp3) is 0.717. The number of aliphatic carboxylic acids is 1. The zero-order valence-corrected chi connectivity index (χ0v) is 41.7. The minimum atomic E-state index is -4.77. The minimum absolute atomic E-state index is 0.133. The fourth-order valence-corrected chi connectivity index (χ4v) is 7.51. The van der Waals surface area contributed by atoms with Crippen LogP contribution in [0.5, 0.6) is 0 Å². The molecule has 0 aliphatic heterocycles. The lowest BCUT2D eigenvalue weighted by Crippen LogP contribution is -2.43. The molecule has 3 atom stereocenters. The molecule has 11 nitrogen and oxygen atoms in total. The van der Waals surface area contributed by atoms with Gasteiger partial charge in [0.15, 0.2) is 6.04 Å². The van der Waals surface area contributed by atoms with Gasteiger partial charge in [0.25, 0.3) is 0 Å². The first-order valence-corrected chi connectivity index (χ1v) is 27.0. The van der Waals surface area contributed by atoms with Gasteiger partial charge in [0, 0.05) is 12.8 Å². The van der Waals surface area contributed by atoms with Crippen molar-refractivity contribution in [1.29, 1.82) is 0 Å². The van der Waals surface area contributed by atoms with E-state index in [1.165, 1.54) is 77.0 Å². The average molecular weight is 934 g/mol. The van der Waals surface area contributed by atoms with E-state index in [-0.39, 0.29) is 12.8 Å². The standard InChI is InChI=1S/C53H92NO10P/c1-3-5-7-9-11-13-15-17-19-21-23-24-25-26-27-29-31-33-35-37-39-41-43-45-52(57)62-46-49(55)47-63-65(60,61)64-48-50(53(58)59)54-51(56)44-42-40-38-36-34-32-30-28-22-20-18-16-14-12-10-8-6-4-2/h11,13-14,16-17,19-20,22-24,26-27,49-50,55H,3-10,12,15,18,21,25,28-48H2,1-2H3,(H,54,56)(H,58,59)(H,60,61)/b13-11-,16-14-,19-17-,22-20-,24-23-,27-26-. The number of hydrogen-bond acceptors (Lipinski definition) is 8. The number of phosphoric ester groups is 1. The molecular weight excluding hydrogens is 842 g/mol. The first kappa shape index (κ1) is 61.9. The van der Waals surface area contributed by atoms with Crippen LogP contribution in [0, 0.1) is 0 Å². The van der Waals surface area contributed by atoms with Crippen LogP contribution in [0.4, 0.5) is 0 Å². The second-order valence-electron chi connectivity index (χ2n) is 17.0. The summed E-state index contributed by atoms with van der Waals surface area (Å²) in [5.41, 5.74) is 0. The highest BCUT2D eigenvalue weighted by atomic mass is 31.2. The molecule has 0 radical (unpaired) electrons. The third kappa shape index (κ3) is 47.2. The van der Waals surface area contributed by atoms with Crippen LogP contribution in [0.1, 0.15) is 213 Å². The summed E-state index contributed by atoms with van der Waals surface area (Å²) in [6.07, 6.45) is 57.7. The number of unbranched alkanes of at least 4 members (excludes halogenated alkanes) is 21. The van der Waals surface area contributed by atoms with Crippen LogP contribution in [-0.4, -0.2) is 64.9 Å². The third-order valence-corrected chi connectivity index (χ3v) is 11.7. The molecule has 374 valence electrons. The highest BCUT2D eigenvalue weighted by Crippen LogP contribution is 2.43. The van der Waals surface area contributed by atoms with Gasteiger partial charge in [-0.15, -0.1) is 0 Å². The third-order valence-electron chi connectivity index (χ3n) is 10.7. The molecule has 4 N–H and O–H groups in total. The topological polar surface area (TPSA) is 169 Å². The SMILES string of the molecule is CCCCC/C=C\C/C=C\C/C=C\C/C=C\CCCCCCCCCC(=O)OCC(O)COP(=O)(O)OCC(NC(=O)CCCCCCCCC/C=C\C/C=C\CCCCCC)C(=O)O. The van der Waals surface area contributed by atoms with Crippen LogP contribution in [0.15, 0.2) is 72.9 Å². The number of ether oxygens (including phenoxy) is 1. The number of aliphatic hydroxyl groups excluding tert-OH is 1. The molecule has 0 rings (SSSR count). The van der Waals surface area contributed by atoms with Gasteiger partial charge in [-0.3, -0.25) is 18.6 Å². The van der Waals surface area contributed by atoms with Crippen LogP contribution in [0.25, 0.3) is 0 Å². The fourth-order valence-electron chi connectivity index (χ4n) is 6.74. The Hall–Kier alpha value is -3.08. The van der Waals surface area contributed by atoms with Crippen molar-refractivity contribution in [2.75, 3.05) is 19.8 Å². The summed E-state index contributed by atoms with van der Waals surface area (Å²) in [4.78, 5) is 46.1. The Balaban J connectivity index is 3.88. The van der Waals surface area contributed by atoms with Crippen LogP contribution < -0.4 is 5.32 Å². The van der Waals surface area contributed by atoms with Crippen LogP contribution in [-0.2, 0) is 32.7 Å². The molecule has 0 aliphatic rings. The summed E-state index contributed by atoms with van der Waals surface area (Å²) in [6.45, 7) is 2.54. The van der Waals surface area contributed by atoms with Gasteiger partial charge in [-0.05, 0) is 89.9 Å². The number of carboxylic acids is 1. The lowest BCUT2D eigenvalue weighted by atomic mass is 10.1. The van der Waals surface area contributed by atoms with Gasteiger partial charge >= 0.3 is 19.8 Å². The maximum absolute atomic E-state index is 12.4. The molecule has 0 fully saturated rings. The largest absolute Gasteiger partial charge is 0.480 e. The molecule has 0 saturated heterocycles. The lowest BCUT2D eigenvalue weighted by Gasteiger charge is -2.18. The molecule has 0 bridgehead atoms. The summed E-state index contributed by atoms with van der Waals surface area (Å²) < 4.78 is 26.9. The zero-order chi connectivity index (χ0) is 47.7. The highest BCUT2D eigenvalue weighted by Gasteiger charge is 2.28. The minimum Gasteiger partial charge on any atom is -0.480 e. The first-order valence-electron chi connectivity index (χ1n) is 25.5. The number of nitrogens with one attached hydrogen (secondary N) is 1. The summed E-state index contributed by atoms with van der Waals surface area (Å²) in [5, 5.41) is 21.9. The maximum atomic E-state index is 12.4. The van der Waals surface area contributed by atoms with Gasteiger partial charge in [0.2, 0.25) is 5.91 Å². The lowest BCUT2D eigenvalue weighted by molar-refractivity contribution is -0.147. The predicted molar refractivity (Wildman–Crippen MR) is 268 cm³/mol. The summed E-state index contributed by atoms with van der Waals surface area (Å²) in [7, 11) is -4.77. The van der Waals surface area contributed by atoms with E-state index in [1.54, 1.807) is 0 Å². The molecule has 0 aromatic heterocycles. The van der Waals surface area contributed by atoms with E-state index in [2.05, 4.69) is 92.1 Å². The maximum Gasteiger partial charge on any atom is 0.472 e. The summed E-state index contributed by atoms with van der Waals surface area (Å²) in [6, 6.07) is -1.56. The number of esters is 1. The van der Waals surface area contributed by atoms with Crippen molar-refractivity contribution in [3.05, 3.63) is 72.9 Å². The molecule has 0 aromatic carbocycles. The Bertz CT molecular complexity index is 1370. The normalized spacial score (nSPS) is 14.2. The number of hydrogen-bond donors (Lipinski definition) is 4. The van der Waals surface area contributed by atoms with E-state index in [1.807, 2.05) is 0 Å². The molecule has 0 heterocycles. The number of phosphoric acid groups is 1. The highest BCUT2D eigenvalue weighted by molar-refractivity contribution is 7.47. The van der Waals surface area contributed by atoms with Crippen LogP contribution in [0.2, 0.25) is 0 Å². The Kier molecular flexibility index (Phi) is 45.2. The number of carbonyl (C=O) groups is 3. The predicted octanol–water partition coefficient (Wildman–Crippen LogP) is 14.1. The number of carboxylic acid groups (broad SMARTS) is 1. The number of aliphatic hydroxyl groups is 1. The Labute approximate surface area is 395 Å². The van der Waals surface area contributed by atoms with Crippen LogP contribution in [0.3, 0.4) is 0 Å². The molecule has 12 heteroatoms. The number of allylic oxidation sites excluding steroid dienone is 12. The molecule has 0 aromatic rings. The molecule has 0 spiro atoms. The van der Waals surface area contributed by atoms with Gasteiger partial charge in [-0.2, -0.15) is 0 Å². The van der Waals surface area contributed by atoms with Crippen molar-refractivity contribution >= 4 is 25.7 Å². The van der Waals surface area contributed by atoms with Gasteiger partial charge in [0.1, 0.15) is 12.7 Å². The number of rotatable bonds is 47. The average Bonchev–Trinajstić information content (AvgIpc) is 3.28. The van der Waals surface area contributed by atoms with E-state index in [0.717, 1.165) is 96.3 Å². The second-order valence-corrected chi connectivity index (χ2v) is 18.5. The number of amides is 1. The van der Waals surface area contributed by atoms with Crippen molar-refractivity contribution < 1.29 is 47.8 Å². The summed E-state index contributed by atoms with van der Waals surface area (Å²) in [5.74, 6) is -2.40. The first-order chi connectivity index (χ1) is 31.6. The number of carbonyl (C=O) groups excluding carboxylic acids is 2. The Morgan fingerprint density at radius 3 is 1.29 bits per heavy atom. The van der Waals surface area contributed by atoms with Crippen molar-refractivity contribution in [3.8, 4) is 0 Å². The van der Waals surface area contributed by atoms with E-state index >= 15 is 0 Å². The quantitative estimate of drug-likeness (QED) is 0.0199. The molecule has 3 unspecified atom stereocenters. The summed E-state index contributed by atoms with van der Waals surface area (Å²) >= 11 is 0. The van der Waals surface area contributed by atoms with Crippen LogP contribution >= 0.6 is 7.82 Å².